The van der Waals surface area contributed by atoms with E-state index in [0.29, 0.717) is 21.6 Å². The van der Waals surface area contributed by atoms with Crippen molar-refractivity contribution in [3.63, 3.8) is 0 Å². The zero-order valence-corrected chi connectivity index (χ0v) is 17.4. The lowest BCUT2D eigenvalue weighted by atomic mass is 10.1. The van der Waals surface area contributed by atoms with Gasteiger partial charge in [-0.1, -0.05) is 39.1 Å². The zero-order valence-electron chi connectivity index (χ0n) is 14.3. The van der Waals surface area contributed by atoms with Gasteiger partial charge < -0.3 is 9.72 Å². The second kappa shape index (κ2) is 7.47. The SMILES string of the molecule is Cc1c(Br)cc2nc(C(C)OC(=O)Nc3ccc(Cl)c(Cl)c3)[nH]c2c1C. The molecule has 136 valence electrons. The Morgan fingerprint density at radius 3 is 2.65 bits per heavy atom. The fourth-order valence-electron chi connectivity index (χ4n) is 2.52. The summed E-state index contributed by atoms with van der Waals surface area (Å²) in [5.41, 5.74) is 4.48. The fraction of sp³-hybridized carbons (Fsp3) is 0.222. The van der Waals surface area contributed by atoms with Gasteiger partial charge in [-0.15, -0.1) is 0 Å². The first-order chi connectivity index (χ1) is 12.3. The van der Waals surface area contributed by atoms with E-state index in [1.54, 1.807) is 25.1 Å². The summed E-state index contributed by atoms with van der Waals surface area (Å²) in [6.07, 6.45) is -1.16. The lowest BCUT2D eigenvalue weighted by Gasteiger charge is -2.12. The van der Waals surface area contributed by atoms with Crippen molar-refractivity contribution < 1.29 is 9.53 Å². The summed E-state index contributed by atoms with van der Waals surface area (Å²) in [5, 5.41) is 3.39. The third kappa shape index (κ3) is 3.82. The van der Waals surface area contributed by atoms with Gasteiger partial charge in [0.05, 0.1) is 21.1 Å². The molecule has 5 nitrogen and oxygen atoms in total. The molecule has 1 atom stereocenters. The van der Waals surface area contributed by atoms with E-state index < -0.39 is 12.2 Å². The summed E-state index contributed by atoms with van der Waals surface area (Å²) in [5.74, 6) is 0.574. The van der Waals surface area contributed by atoms with Gasteiger partial charge in [-0.05, 0) is 56.2 Å². The largest absolute Gasteiger partial charge is 0.438 e. The van der Waals surface area contributed by atoms with E-state index in [-0.39, 0.29) is 0 Å². The van der Waals surface area contributed by atoms with Crippen LogP contribution in [0, 0.1) is 13.8 Å². The van der Waals surface area contributed by atoms with E-state index in [9.17, 15) is 4.79 Å². The number of halogens is 3. The van der Waals surface area contributed by atoms with Gasteiger partial charge in [-0.3, -0.25) is 5.32 Å². The van der Waals surface area contributed by atoms with Gasteiger partial charge in [0.15, 0.2) is 6.10 Å². The number of benzene rings is 2. The molecule has 0 saturated carbocycles. The number of hydrogen-bond acceptors (Lipinski definition) is 3. The number of nitrogens with one attached hydrogen (secondary N) is 2. The maximum absolute atomic E-state index is 12.1. The molecular weight excluding hydrogens is 441 g/mol. The van der Waals surface area contributed by atoms with Crippen molar-refractivity contribution in [3.05, 3.63) is 55.7 Å². The first-order valence-electron chi connectivity index (χ1n) is 7.84. The Balaban J connectivity index is 1.76. The molecule has 26 heavy (non-hydrogen) atoms. The molecule has 1 unspecified atom stereocenters. The molecule has 0 spiro atoms. The summed E-state index contributed by atoms with van der Waals surface area (Å²) in [4.78, 5) is 19.9. The first-order valence-corrected chi connectivity index (χ1v) is 9.39. The molecule has 1 heterocycles. The number of carbonyl (C=O) groups is 1. The second-order valence-electron chi connectivity index (χ2n) is 5.93. The Labute approximate surface area is 169 Å². The van der Waals surface area contributed by atoms with Crippen molar-refractivity contribution in [1.82, 2.24) is 9.97 Å². The van der Waals surface area contributed by atoms with Gasteiger partial charge in [-0.2, -0.15) is 0 Å². The van der Waals surface area contributed by atoms with E-state index in [1.165, 1.54) is 0 Å². The summed E-state index contributed by atoms with van der Waals surface area (Å²) in [6, 6.07) is 6.75. The molecule has 0 aliphatic carbocycles. The number of rotatable bonds is 3. The fourth-order valence-corrected chi connectivity index (χ4v) is 3.33. The van der Waals surface area contributed by atoms with Crippen molar-refractivity contribution in [3.8, 4) is 0 Å². The molecule has 0 radical (unpaired) electrons. The molecule has 0 fully saturated rings. The zero-order chi connectivity index (χ0) is 19.0. The summed E-state index contributed by atoms with van der Waals surface area (Å²) < 4.78 is 6.40. The average Bonchev–Trinajstić information content (AvgIpc) is 3.00. The van der Waals surface area contributed by atoms with Crippen LogP contribution in [0.15, 0.2) is 28.7 Å². The van der Waals surface area contributed by atoms with E-state index in [0.717, 1.165) is 26.6 Å². The van der Waals surface area contributed by atoms with Gasteiger partial charge in [0.1, 0.15) is 5.82 Å². The molecule has 0 aliphatic heterocycles. The number of aryl methyl sites for hydroxylation is 1. The van der Waals surface area contributed by atoms with Crippen LogP contribution >= 0.6 is 39.1 Å². The van der Waals surface area contributed by atoms with Gasteiger partial charge in [0, 0.05) is 10.2 Å². The lowest BCUT2D eigenvalue weighted by molar-refractivity contribution is 0.117. The van der Waals surface area contributed by atoms with Gasteiger partial charge in [0.25, 0.3) is 0 Å². The van der Waals surface area contributed by atoms with Crippen LogP contribution in [0.1, 0.15) is 30.0 Å². The highest BCUT2D eigenvalue weighted by molar-refractivity contribution is 9.10. The number of nitrogens with zero attached hydrogens (tertiary/aromatic N) is 1. The second-order valence-corrected chi connectivity index (χ2v) is 7.59. The Hall–Kier alpha value is -1.76. The monoisotopic (exact) mass is 455 g/mol. The molecular formula is C18H16BrCl2N3O2. The quantitative estimate of drug-likeness (QED) is 0.468. The van der Waals surface area contributed by atoms with E-state index in [4.69, 9.17) is 27.9 Å². The molecule has 3 aromatic rings. The van der Waals surface area contributed by atoms with Crippen LogP contribution in [-0.2, 0) is 4.74 Å². The van der Waals surface area contributed by atoms with Gasteiger partial charge in [-0.25, -0.2) is 9.78 Å². The Bertz CT molecular complexity index is 1000. The number of anilines is 1. The highest BCUT2D eigenvalue weighted by Gasteiger charge is 2.18. The van der Waals surface area contributed by atoms with Gasteiger partial charge >= 0.3 is 6.09 Å². The minimum atomic E-state index is -0.606. The third-order valence-corrected chi connectivity index (χ3v) is 5.71. The average molecular weight is 457 g/mol. The number of fused-ring (bicyclic) bond motifs is 1. The summed E-state index contributed by atoms with van der Waals surface area (Å²) >= 11 is 15.3. The number of amides is 1. The van der Waals surface area contributed by atoms with E-state index in [1.807, 2.05) is 19.9 Å². The minimum Gasteiger partial charge on any atom is -0.438 e. The van der Waals surface area contributed by atoms with E-state index in [2.05, 4.69) is 31.2 Å². The number of H-pyrrole nitrogens is 1. The van der Waals surface area contributed by atoms with Crippen LogP contribution in [0.2, 0.25) is 10.0 Å². The molecule has 1 amide bonds. The van der Waals surface area contributed by atoms with E-state index >= 15 is 0 Å². The molecule has 3 rings (SSSR count). The highest BCUT2D eigenvalue weighted by Crippen LogP contribution is 2.29. The Morgan fingerprint density at radius 2 is 1.96 bits per heavy atom. The maximum atomic E-state index is 12.1. The maximum Gasteiger partial charge on any atom is 0.412 e. The van der Waals surface area contributed by atoms with Crippen molar-refractivity contribution in [2.75, 3.05) is 5.32 Å². The van der Waals surface area contributed by atoms with Crippen LogP contribution < -0.4 is 5.32 Å². The van der Waals surface area contributed by atoms with Crippen molar-refractivity contribution in [1.29, 1.82) is 0 Å². The van der Waals surface area contributed by atoms with Crippen LogP contribution in [0.25, 0.3) is 11.0 Å². The molecule has 8 heteroatoms. The molecule has 0 saturated heterocycles. The topological polar surface area (TPSA) is 67.0 Å². The number of hydrogen-bond donors (Lipinski definition) is 2. The van der Waals surface area contributed by atoms with Crippen LogP contribution in [0.4, 0.5) is 10.5 Å². The standard InChI is InChI=1S/C18H16BrCl2N3O2/c1-8-9(2)16-15(7-12(8)19)23-17(24-16)10(3)26-18(25)22-11-4-5-13(20)14(21)6-11/h4-7,10H,1-3H3,(H,22,25)(H,23,24). The van der Waals surface area contributed by atoms with Crippen LogP contribution in [0.5, 0.6) is 0 Å². The van der Waals surface area contributed by atoms with Crippen LogP contribution in [0.3, 0.4) is 0 Å². The van der Waals surface area contributed by atoms with Crippen LogP contribution in [-0.4, -0.2) is 16.1 Å². The number of imidazole rings is 1. The number of ether oxygens (including phenoxy) is 1. The lowest BCUT2D eigenvalue weighted by Crippen LogP contribution is -2.16. The Morgan fingerprint density at radius 1 is 1.23 bits per heavy atom. The molecule has 1 aromatic heterocycles. The van der Waals surface area contributed by atoms with Crippen molar-refractivity contribution in [2.24, 2.45) is 0 Å². The third-order valence-electron chi connectivity index (χ3n) is 4.14. The van der Waals surface area contributed by atoms with Crippen molar-refractivity contribution in [2.45, 2.75) is 26.9 Å². The number of aromatic nitrogens is 2. The summed E-state index contributed by atoms with van der Waals surface area (Å²) in [6.45, 7) is 5.81. The highest BCUT2D eigenvalue weighted by atomic mass is 79.9. The normalized spacial score (nSPS) is 12.2. The van der Waals surface area contributed by atoms with Crippen molar-refractivity contribution >= 4 is 61.9 Å². The molecule has 0 bridgehead atoms. The number of aromatic amines is 1. The number of carbonyl (C=O) groups excluding carboxylic acids is 1. The Kier molecular flexibility index (Phi) is 5.46. The molecule has 2 N–H and O–H groups in total. The molecule has 2 aromatic carbocycles. The first kappa shape index (κ1) is 19.0. The van der Waals surface area contributed by atoms with Gasteiger partial charge in [0.2, 0.25) is 0 Å². The predicted molar refractivity (Wildman–Crippen MR) is 108 cm³/mol. The minimum absolute atomic E-state index is 0.353. The molecule has 0 aliphatic rings. The summed E-state index contributed by atoms with van der Waals surface area (Å²) in [7, 11) is 0. The smallest absolute Gasteiger partial charge is 0.412 e. The predicted octanol–water partition coefficient (Wildman–Crippen LogP) is 6.56.